The Hall–Kier alpha value is -1.39. The summed E-state index contributed by atoms with van der Waals surface area (Å²) in [5.41, 5.74) is 0. The Morgan fingerprint density at radius 2 is 2.09 bits per heavy atom. The molecular formula is C12H14FN3O3S3. The van der Waals surface area contributed by atoms with E-state index in [1.807, 2.05) is 13.8 Å². The fourth-order valence-corrected chi connectivity index (χ4v) is 4.71. The molecular weight excluding hydrogens is 349 g/mol. The summed E-state index contributed by atoms with van der Waals surface area (Å²) in [5, 5.41) is 8.12. The number of benzene rings is 1. The summed E-state index contributed by atoms with van der Waals surface area (Å²) < 4.78 is 45.7. The van der Waals surface area contributed by atoms with Crippen molar-refractivity contribution in [1.29, 1.82) is 0 Å². The maximum absolute atomic E-state index is 13.6. The predicted octanol–water partition coefficient (Wildman–Crippen LogP) is 2.99. The van der Waals surface area contributed by atoms with Crippen molar-refractivity contribution in [3.63, 3.8) is 0 Å². The highest BCUT2D eigenvalue weighted by Gasteiger charge is 2.19. The van der Waals surface area contributed by atoms with E-state index >= 15 is 0 Å². The number of halogens is 1. The number of sulfonamides is 1. The molecule has 0 saturated heterocycles. The number of anilines is 1. The molecule has 22 heavy (non-hydrogen) atoms. The lowest BCUT2D eigenvalue weighted by atomic mass is 10.3. The zero-order valence-electron chi connectivity index (χ0n) is 12.0. The average Bonchev–Trinajstić information content (AvgIpc) is 2.84. The minimum absolute atomic E-state index is 0.0227. The molecule has 0 saturated carbocycles. The molecule has 1 N–H and O–H groups in total. The van der Waals surface area contributed by atoms with Gasteiger partial charge >= 0.3 is 0 Å². The Morgan fingerprint density at radius 3 is 2.68 bits per heavy atom. The smallest absolute Gasteiger partial charge is 0.263 e. The third kappa shape index (κ3) is 4.08. The first-order valence-corrected chi connectivity index (χ1v) is 9.36. The van der Waals surface area contributed by atoms with Gasteiger partial charge in [-0.05, 0) is 18.2 Å². The van der Waals surface area contributed by atoms with E-state index in [1.165, 1.54) is 31.0 Å². The topological polar surface area (TPSA) is 81.2 Å². The Bertz CT molecular complexity index is 762. The second-order valence-corrected chi connectivity index (χ2v) is 8.93. The van der Waals surface area contributed by atoms with Gasteiger partial charge in [-0.2, -0.15) is 0 Å². The molecule has 0 fully saturated rings. The van der Waals surface area contributed by atoms with Gasteiger partial charge in [-0.1, -0.05) is 36.9 Å². The van der Waals surface area contributed by atoms with Crippen LogP contribution in [0, 0.1) is 5.82 Å². The quantitative estimate of drug-likeness (QED) is 0.795. The molecule has 0 atom stereocenters. The highest BCUT2D eigenvalue weighted by molar-refractivity contribution is 8.01. The summed E-state index contributed by atoms with van der Waals surface area (Å²) in [6.45, 7) is 3.99. The van der Waals surface area contributed by atoms with Crippen molar-refractivity contribution in [3.05, 3.63) is 24.0 Å². The molecule has 0 unspecified atom stereocenters. The fourth-order valence-electron chi connectivity index (χ4n) is 1.49. The first kappa shape index (κ1) is 17.0. The monoisotopic (exact) mass is 363 g/mol. The van der Waals surface area contributed by atoms with E-state index in [4.69, 9.17) is 4.74 Å². The number of aromatic nitrogens is 2. The summed E-state index contributed by atoms with van der Waals surface area (Å²) in [6, 6.07) is 3.41. The summed E-state index contributed by atoms with van der Waals surface area (Å²) in [7, 11) is -2.62. The lowest BCUT2D eigenvalue weighted by Gasteiger charge is -2.06. The van der Waals surface area contributed by atoms with Crippen molar-refractivity contribution in [2.45, 2.75) is 28.3 Å². The highest BCUT2D eigenvalue weighted by Crippen LogP contribution is 2.30. The molecule has 1 aromatic carbocycles. The van der Waals surface area contributed by atoms with Crippen LogP contribution >= 0.6 is 23.1 Å². The van der Waals surface area contributed by atoms with Gasteiger partial charge in [-0.15, -0.1) is 10.2 Å². The van der Waals surface area contributed by atoms with Crippen LogP contribution < -0.4 is 9.46 Å². The van der Waals surface area contributed by atoms with Gasteiger partial charge in [0.25, 0.3) is 10.0 Å². The lowest BCUT2D eigenvalue weighted by Crippen LogP contribution is -2.13. The van der Waals surface area contributed by atoms with E-state index in [-0.39, 0.29) is 15.8 Å². The summed E-state index contributed by atoms with van der Waals surface area (Å²) >= 11 is 2.61. The van der Waals surface area contributed by atoms with Crippen LogP contribution in [0.3, 0.4) is 0 Å². The van der Waals surface area contributed by atoms with E-state index in [2.05, 4.69) is 14.9 Å². The summed E-state index contributed by atoms with van der Waals surface area (Å²) in [5.74, 6) is -0.774. The van der Waals surface area contributed by atoms with Gasteiger partial charge in [0.2, 0.25) is 5.13 Å². The van der Waals surface area contributed by atoms with E-state index in [0.717, 1.165) is 17.4 Å². The van der Waals surface area contributed by atoms with Crippen LogP contribution in [0.5, 0.6) is 5.75 Å². The molecule has 6 nitrogen and oxygen atoms in total. The van der Waals surface area contributed by atoms with Crippen LogP contribution in [0.25, 0.3) is 0 Å². The molecule has 0 bridgehead atoms. The third-order valence-corrected chi connectivity index (χ3v) is 5.79. The van der Waals surface area contributed by atoms with E-state index in [0.29, 0.717) is 9.59 Å². The van der Waals surface area contributed by atoms with Crippen molar-refractivity contribution in [2.75, 3.05) is 11.8 Å². The van der Waals surface area contributed by atoms with Gasteiger partial charge in [0.1, 0.15) is 0 Å². The number of nitrogens with one attached hydrogen (secondary N) is 1. The molecule has 0 radical (unpaired) electrons. The number of nitrogens with zero attached hydrogens (tertiary/aromatic N) is 2. The Kier molecular flexibility index (Phi) is 5.24. The van der Waals surface area contributed by atoms with E-state index in [9.17, 15) is 12.8 Å². The minimum Gasteiger partial charge on any atom is -0.494 e. The number of hydrogen-bond donors (Lipinski definition) is 1. The van der Waals surface area contributed by atoms with Crippen LogP contribution in [0.4, 0.5) is 9.52 Å². The second-order valence-electron chi connectivity index (χ2n) is 4.44. The van der Waals surface area contributed by atoms with Crippen molar-refractivity contribution in [2.24, 2.45) is 0 Å². The number of methoxy groups -OCH3 is 1. The molecule has 0 aliphatic rings. The van der Waals surface area contributed by atoms with Gasteiger partial charge in [0, 0.05) is 5.25 Å². The van der Waals surface area contributed by atoms with Crippen LogP contribution in [0.15, 0.2) is 27.4 Å². The van der Waals surface area contributed by atoms with Gasteiger partial charge < -0.3 is 4.74 Å². The number of thioether (sulfide) groups is 1. The van der Waals surface area contributed by atoms with Crippen LogP contribution in [0.1, 0.15) is 13.8 Å². The van der Waals surface area contributed by atoms with E-state index < -0.39 is 15.8 Å². The molecule has 2 aromatic rings. The average molecular weight is 363 g/mol. The molecule has 1 heterocycles. The number of hydrogen-bond acceptors (Lipinski definition) is 7. The second kappa shape index (κ2) is 6.80. The highest BCUT2D eigenvalue weighted by atomic mass is 32.2. The maximum atomic E-state index is 13.6. The van der Waals surface area contributed by atoms with Crippen molar-refractivity contribution < 1.29 is 17.5 Å². The minimum atomic E-state index is -3.92. The standard InChI is InChI=1S/C12H14FN3O3S3/c1-7(2)20-12-15-14-11(21-12)16-22(17,18)8-4-5-10(19-3)9(13)6-8/h4-7H,1-3H3,(H,14,16). The van der Waals surface area contributed by atoms with Gasteiger partial charge in [-0.3, -0.25) is 4.72 Å². The van der Waals surface area contributed by atoms with E-state index in [1.54, 1.807) is 0 Å². The van der Waals surface area contributed by atoms with Gasteiger partial charge in [0.15, 0.2) is 15.9 Å². The summed E-state index contributed by atoms with van der Waals surface area (Å²) in [6.07, 6.45) is 0. The van der Waals surface area contributed by atoms with Crippen LogP contribution in [0.2, 0.25) is 0 Å². The zero-order valence-corrected chi connectivity index (χ0v) is 14.5. The third-order valence-electron chi connectivity index (χ3n) is 2.40. The first-order chi connectivity index (χ1) is 10.3. The van der Waals surface area contributed by atoms with Gasteiger partial charge in [0.05, 0.1) is 12.0 Å². The first-order valence-electron chi connectivity index (χ1n) is 6.18. The molecule has 120 valence electrons. The molecule has 0 aliphatic carbocycles. The lowest BCUT2D eigenvalue weighted by molar-refractivity contribution is 0.385. The molecule has 2 rings (SSSR count). The molecule has 10 heteroatoms. The summed E-state index contributed by atoms with van der Waals surface area (Å²) in [4.78, 5) is -0.209. The predicted molar refractivity (Wildman–Crippen MR) is 84.7 cm³/mol. The molecule has 0 spiro atoms. The number of ether oxygens (including phenoxy) is 1. The normalized spacial score (nSPS) is 11.7. The maximum Gasteiger partial charge on any atom is 0.263 e. The van der Waals surface area contributed by atoms with Crippen LogP contribution in [-0.4, -0.2) is 31.0 Å². The van der Waals surface area contributed by atoms with Crippen molar-refractivity contribution in [1.82, 2.24) is 10.2 Å². The zero-order chi connectivity index (χ0) is 16.3. The Balaban J connectivity index is 2.20. The van der Waals surface area contributed by atoms with Crippen molar-refractivity contribution in [3.8, 4) is 5.75 Å². The number of rotatable bonds is 6. The largest absolute Gasteiger partial charge is 0.494 e. The Morgan fingerprint density at radius 1 is 1.36 bits per heavy atom. The van der Waals surface area contributed by atoms with Crippen molar-refractivity contribution >= 4 is 38.3 Å². The van der Waals surface area contributed by atoms with Gasteiger partial charge in [-0.25, -0.2) is 12.8 Å². The SMILES string of the molecule is COc1ccc(S(=O)(=O)Nc2nnc(SC(C)C)s2)cc1F. The Labute approximate surface area is 136 Å². The fraction of sp³-hybridized carbons (Fsp3) is 0.333. The molecule has 0 amide bonds. The van der Waals surface area contributed by atoms with Crippen LogP contribution in [-0.2, 0) is 10.0 Å². The molecule has 1 aromatic heterocycles. The molecule has 0 aliphatic heterocycles.